The van der Waals surface area contributed by atoms with Crippen LogP contribution in [0.1, 0.15) is 25.8 Å². The third-order valence-corrected chi connectivity index (χ3v) is 4.79. The monoisotopic (exact) mass is 393 g/mol. The van der Waals surface area contributed by atoms with Crippen LogP contribution < -0.4 is 15.0 Å². The van der Waals surface area contributed by atoms with E-state index in [0.29, 0.717) is 31.1 Å². The van der Waals surface area contributed by atoms with Crippen LogP contribution in [0.2, 0.25) is 0 Å². The Balaban J connectivity index is 1.54. The van der Waals surface area contributed by atoms with Crippen LogP contribution in [0, 0.1) is 0 Å². The number of nitrogens with zero attached hydrogens (tertiary/aromatic N) is 1. The van der Waals surface area contributed by atoms with Crippen LogP contribution in [0.15, 0.2) is 54.7 Å². The van der Waals surface area contributed by atoms with Crippen molar-refractivity contribution in [2.24, 2.45) is 0 Å². The van der Waals surface area contributed by atoms with Gasteiger partial charge in [0.1, 0.15) is 5.75 Å². The SMILES string of the molecule is CCOc1ccccc1N(CCC(=O)NCCc1c[nH]c2ccccc12)C(C)=O. The topological polar surface area (TPSA) is 74.4 Å². The van der Waals surface area contributed by atoms with E-state index in [1.807, 2.05) is 55.6 Å². The molecule has 2 amide bonds. The summed E-state index contributed by atoms with van der Waals surface area (Å²) < 4.78 is 5.62. The molecule has 3 aromatic rings. The second kappa shape index (κ2) is 9.78. The lowest BCUT2D eigenvalue weighted by atomic mass is 10.1. The van der Waals surface area contributed by atoms with E-state index < -0.39 is 0 Å². The van der Waals surface area contributed by atoms with Gasteiger partial charge in [-0.1, -0.05) is 30.3 Å². The highest BCUT2D eigenvalue weighted by Crippen LogP contribution is 2.28. The molecule has 2 aromatic carbocycles. The maximum Gasteiger partial charge on any atom is 0.223 e. The van der Waals surface area contributed by atoms with Crippen molar-refractivity contribution < 1.29 is 14.3 Å². The quantitative estimate of drug-likeness (QED) is 0.582. The first kappa shape index (κ1) is 20.5. The van der Waals surface area contributed by atoms with Gasteiger partial charge >= 0.3 is 0 Å². The first-order valence-corrected chi connectivity index (χ1v) is 9.91. The van der Waals surface area contributed by atoms with Crippen molar-refractivity contribution >= 4 is 28.4 Å². The molecule has 152 valence electrons. The average molecular weight is 393 g/mol. The molecule has 6 nitrogen and oxygen atoms in total. The number of fused-ring (bicyclic) bond motifs is 1. The molecule has 0 aliphatic carbocycles. The van der Waals surface area contributed by atoms with Crippen molar-refractivity contribution in [1.82, 2.24) is 10.3 Å². The summed E-state index contributed by atoms with van der Waals surface area (Å²) in [6.45, 7) is 4.76. The maximum absolute atomic E-state index is 12.3. The summed E-state index contributed by atoms with van der Waals surface area (Å²) in [7, 11) is 0. The number of hydrogen-bond acceptors (Lipinski definition) is 3. The fraction of sp³-hybridized carbons (Fsp3) is 0.304. The largest absolute Gasteiger partial charge is 0.492 e. The predicted molar refractivity (Wildman–Crippen MR) is 115 cm³/mol. The van der Waals surface area contributed by atoms with Crippen molar-refractivity contribution in [1.29, 1.82) is 0 Å². The summed E-state index contributed by atoms with van der Waals surface area (Å²) in [4.78, 5) is 29.3. The lowest BCUT2D eigenvalue weighted by Crippen LogP contribution is -2.34. The lowest BCUT2D eigenvalue weighted by Gasteiger charge is -2.23. The van der Waals surface area contributed by atoms with Crippen molar-refractivity contribution in [3.05, 3.63) is 60.3 Å². The van der Waals surface area contributed by atoms with Crippen LogP contribution in [-0.2, 0) is 16.0 Å². The molecule has 0 fully saturated rings. The molecular formula is C23H27N3O3. The van der Waals surface area contributed by atoms with E-state index in [1.165, 1.54) is 17.9 Å². The maximum atomic E-state index is 12.3. The van der Waals surface area contributed by atoms with Gasteiger partial charge in [-0.15, -0.1) is 0 Å². The normalized spacial score (nSPS) is 10.7. The summed E-state index contributed by atoms with van der Waals surface area (Å²) in [5.41, 5.74) is 2.96. The van der Waals surface area contributed by atoms with Crippen LogP contribution in [0.3, 0.4) is 0 Å². The van der Waals surface area contributed by atoms with E-state index in [1.54, 1.807) is 4.90 Å². The van der Waals surface area contributed by atoms with Crippen LogP contribution >= 0.6 is 0 Å². The number of H-pyrrole nitrogens is 1. The lowest BCUT2D eigenvalue weighted by molar-refractivity contribution is -0.121. The number of rotatable bonds is 9. The number of ether oxygens (including phenoxy) is 1. The standard InChI is InChI=1S/C23H27N3O3/c1-3-29-22-11-7-6-10-21(22)26(17(2)27)15-13-23(28)24-14-12-18-16-25-20-9-5-4-8-19(18)20/h4-11,16,25H,3,12-15H2,1-2H3,(H,24,28). The third kappa shape index (κ3) is 5.16. The van der Waals surface area contributed by atoms with Crippen LogP contribution in [-0.4, -0.2) is 36.5 Å². The molecule has 3 rings (SSSR count). The van der Waals surface area contributed by atoms with Gasteiger partial charge in [0.15, 0.2) is 0 Å². The van der Waals surface area contributed by atoms with Gasteiger partial charge in [0, 0.05) is 43.5 Å². The first-order valence-electron chi connectivity index (χ1n) is 9.91. The Morgan fingerprint density at radius 2 is 1.86 bits per heavy atom. The molecule has 2 N–H and O–H groups in total. The Bertz CT molecular complexity index is 980. The number of benzene rings is 2. The molecule has 0 aliphatic heterocycles. The number of carbonyl (C=O) groups is 2. The number of hydrogen-bond donors (Lipinski definition) is 2. The molecule has 6 heteroatoms. The van der Waals surface area contributed by atoms with Gasteiger partial charge in [-0.2, -0.15) is 0 Å². The number of nitrogens with one attached hydrogen (secondary N) is 2. The molecule has 1 heterocycles. The Morgan fingerprint density at radius 3 is 2.66 bits per heavy atom. The first-order chi connectivity index (χ1) is 14.1. The van der Waals surface area contributed by atoms with Gasteiger partial charge in [-0.05, 0) is 37.1 Å². The Kier molecular flexibility index (Phi) is 6.89. The smallest absolute Gasteiger partial charge is 0.223 e. The van der Waals surface area contributed by atoms with E-state index in [9.17, 15) is 9.59 Å². The fourth-order valence-corrected chi connectivity index (χ4v) is 3.38. The molecule has 29 heavy (non-hydrogen) atoms. The number of aromatic nitrogens is 1. The van der Waals surface area contributed by atoms with Gasteiger partial charge < -0.3 is 19.9 Å². The number of anilines is 1. The van der Waals surface area contributed by atoms with Gasteiger partial charge in [0.25, 0.3) is 0 Å². The molecule has 0 saturated heterocycles. The molecule has 0 aliphatic rings. The Hall–Kier alpha value is -3.28. The minimum atomic E-state index is -0.122. The minimum Gasteiger partial charge on any atom is -0.492 e. The van der Waals surface area contributed by atoms with E-state index in [-0.39, 0.29) is 18.2 Å². The zero-order chi connectivity index (χ0) is 20.6. The zero-order valence-corrected chi connectivity index (χ0v) is 16.9. The molecule has 0 radical (unpaired) electrons. The summed E-state index contributed by atoms with van der Waals surface area (Å²) in [6, 6.07) is 15.5. The highest BCUT2D eigenvalue weighted by Gasteiger charge is 2.17. The second-order valence-electron chi connectivity index (χ2n) is 6.78. The molecular weight excluding hydrogens is 366 g/mol. The molecule has 0 unspecified atom stereocenters. The number of carbonyl (C=O) groups excluding carboxylic acids is 2. The van der Waals surface area contributed by atoms with Gasteiger partial charge in [-0.25, -0.2) is 0 Å². The summed E-state index contributed by atoms with van der Waals surface area (Å²) >= 11 is 0. The molecule has 0 atom stereocenters. The number of aromatic amines is 1. The van der Waals surface area contributed by atoms with E-state index in [4.69, 9.17) is 4.74 Å². The minimum absolute atomic E-state index is 0.0787. The van der Waals surface area contributed by atoms with Gasteiger partial charge in [0.05, 0.1) is 12.3 Å². The van der Waals surface area contributed by atoms with Crippen LogP contribution in [0.5, 0.6) is 5.75 Å². The molecule has 0 bridgehead atoms. The summed E-state index contributed by atoms with van der Waals surface area (Å²) in [5, 5.41) is 4.13. The van der Waals surface area contributed by atoms with Crippen molar-refractivity contribution in [3.8, 4) is 5.75 Å². The van der Waals surface area contributed by atoms with Crippen molar-refractivity contribution in [3.63, 3.8) is 0 Å². The van der Waals surface area contributed by atoms with Crippen LogP contribution in [0.4, 0.5) is 5.69 Å². The predicted octanol–water partition coefficient (Wildman–Crippen LogP) is 3.67. The highest BCUT2D eigenvalue weighted by atomic mass is 16.5. The number of para-hydroxylation sites is 3. The highest BCUT2D eigenvalue weighted by molar-refractivity contribution is 5.94. The van der Waals surface area contributed by atoms with E-state index in [0.717, 1.165) is 11.9 Å². The van der Waals surface area contributed by atoms with Crippen LogP contribution in [0.25, 0.3) is 10.9 Å². The number of amides is 2. The van der Waals surface area contributed by atoms with Crippen molar-refractivity contribution in [2.75, 3.05) is 24.6 Å². The summed E-state index contributed by atoms with van der Waals surface area (Å²) in [5.74, 6) is 0.443. The Morgan fingerprint density at radius 1 is 1.10 bits per heavy atom. The average Bonchev–Trinajstić information content (AvgIpc) is 3.12. The van der Waals surface area contributed by atoms with Crippen molar-refractivity contribution in [2.45, 2.75) is 26.7 Å². The van der Waals surface area contributed by atoms with E-state index >= 15 is 0 Å². The molecule has 1 aromatic heterocycles. The third-order valence-electron chi connectivity index (χ3n) is 4.79. The zero-order valence-electron chi connectivity index (χ0n) is 16.9. The molecule has 0 spiro atoms. The molecule has 0 saturated carbocycles. The Labute approximate surface area is 170 Å². The van der Waals surface area contributed by atoms with E-state index in [2.05, 4.69) is 16.4 Å². The van der Waals surface area contributed by atoms with Gasteiger partial charge in [-0.3, -0.25) is 9.59 Å². The summed E-state index contributed by atoms with van der Waals surface area (Å²) in [6.07, 6.45) is 2.96. The fourth-order valence-electron chi connectivity index (χ4n) is 3.38. The van der Waals surface area contributed by atoms with Gasteiger partial charge in [0.2, 0.25) is 11.8 Å². The second-order valence-corrected chi connectivity index (χ2v) is 6.78.